The number of primary amides is 1. The van der Waals surface area contributed by atoms with Gasteiger partial charge >= 0.3 is 6.03 Å². The summed E-state index contributed by atoms with van der Waals surface area (Å²) in [6.45, 7) is 2.65. The summed E-state index contributed by atoms with van der Waals surface area (Å²) >= 11 is 0. The normalized spacial score (nSPS) is 12.4. The van der Waals surface area contributed by atoms with E-state index in [1.54, 1.807) is 7.11 Å². The number of carbonyl (C=O) groups is 1. The highest BCUT2D eigenvalue weighted by Crippen LogP contribution is 1.84. The van der Waals surface area contributed by atoms with Gasteiger partial charge in [-0.05, 0) is 0 Å². The maximum Gasteiger partial charge on any atom is 0.312 e. The molecule has 0 aromatic carbocycles. The maximum absolute atomic E-state index is 10.3. The molecule has 7 nitrogen and oxygen atoms in total. The van der Waals surface area contributed by atoms with Gasteiger partial charge in [0.2, 0.25) is 0 Å². The van der Waals surface area contributed by atoms with Gasteiger partial charge in [0, 0.05) is 26.7 Å². The summed E-state index contributed by atoms with van der Waals surface area (Å²) in [5, 5.41) is 14.8. The van der Waals surface area contributed by atoms with Crippen LogP contribution in [0.2, 0.25) is 0 Å². The quantitative estimate of drug-likeness (QED) is 0.337. The minimum absolute atomic E-state index is 0.264. The zero-order chi connectivity index (χ0) is 12.2. The number of urea groups is 1. The first-order valence-electron chi connectivity index (χ1n) is 5.15. The summed E-state index contributed by atoms with van der Waals surface area (Å²) in [4.78, 5) is 10.3. The first-order chi connectivity index (χ1) is 7.66. The minimum atomic E-state index is -0.564. The lowest BCUT2D eigenvalue weighted by Gasteiger charge is -2.12. The molecule has 16 heavy (non-hydrogen) atoms. The van der Waals surface area contributed by atoms with Crippen molar-refractivity contribution in [1.29, 1.82) is 0 Å². The van der Waals surface area contributed by atoms with Gasteiger partial charge in [-0.2, -0.15) is 0 Å². The fourth-order valence-electron chi connectivity index (χ4n) is 0.963. The monoisotopic (exact) mass is 235 g/mol. The van der Waals surface area contributed by atoms with E-state index in [1.165, 1.54) is 0 Å². The number of aliphatic hydroxyl groups excluding tert-OH is 1. The third-order valence-electron chi connectivity index (χ3n) is 1.72. The van der Waals surface area contributed by atoms with Gasteiger partial charge in [-0.15, -0.1) is 0 Å². The molecular formula is C9H21N3O4. The van der Waals surface area contributed by atoms with Crippen molar-refractivity contribution >= 4 is 6.03 Å². The highest BCUT2D eigenvalue weighted by atomic mass is 16.5. The zero-order valence-corrected chi connectivity index (χ0v) is 9.57. The van der Waals surface area contributed by atoms with Gasteiger partial charge < -0.3 is 30.9 Å². The Bertz CT molecular complexity index is 180. The number of hydrogen-bond acceptors (Lipinski definition) is 5. The number of methoxy groups -OCH3 is 1. The first-order valence-corrected chi connectivity index (χ1v) is 5.15. The van der Waals surface area contributed by atoms with E-state index >= 15 is 0 Å². The standard InChI is InChI=1S/C9H21N3O4/c1-15-4-5-16-7-8(13)6-11-2-3-12-9(10)14/h8,11,13H,2-7H2,1H3,(H3,10,12,14). The molecule has 0 heterocycles. The second-order valence-electron chi connectivity index (χ2n) is 3.22. The Kier molecular flexibility index (Phi) is 10.0. The van der Waals surface area contributed by atoms with Crippen LogP contribution in [-0.2, 0) is 9.47 Å². The summed E-state index contributed by atoms with van der Waals surface area (Å²) in [6.07, 6.45) is -0.564. The van der Waals surface area contributed by atoms with Crippen molar-refractivity contribution in [1.82, 2.24) is 10.6 Å². The molecule has 7 heteroatoms. The SMILES string of the molecule is COCCOCC(O)CNCCNC(N)=O. The van der Waals surface area contributed by atoms with Crippen LogP contribution < -0.4 is 16.4 Å². The number of nitrogens with two attached hydrogens (primary N) is 1. The van der Waals surface area contributed by atoms with Crippen LogP contribution in [0.3, 0.4) is 0 Å². The Morgan fingerprint density at radius 2 is 2.19 bits per heavy atom. The minimum Gasteiger partial charge on any atom is -0.389 e. The topological polar surface area (TPSA) is 106 Å². The molecule has 0 radical (unpaired) electrons. The number of rotatable bonds is 10. The Balaban J connectivity index is 3.17. The molecule has 5 N–H and O–H groups in total. The molecule has 96 valence electrons. The van der Waals surface area contributed by atoms with E-state index in [0.29, 0.717) is 32.8 Å². The Hall–Kier alpha value is -0.890. The van der Waals surface area contributed by atoms with E-state index in [9.17, 15) is 9.90 Å². The van der Waals surface area contributed by atoms with Gasteiger partial charge in [-0.25, -0.2) is 4.79 Å². The van der Waals surface area contributed by atoms with Crippen molar-refractivity contribution in [3.05, 3.63) is 0 Å². The molecule has 1 atom stereocenters. The molecule has 0 rings (SSSR count). The highest BCUT2D eigenvalue weighted by Gasteiger charge is 2.03. The second-order valence-corrected chi connectivity index (χ2v) is 3.22. The molecule has 0 aromatic rings. The van der Waals surface area contributed by atoms with E-state index in [-0.39, 0.29) is 6.61 Å². The van der Waals surface area contributed by atoms with Crippen molar-refractivity contribution in [2.24, 2.45) is 5.73 Å². The van der Waals surface area contributed by atoms with Crippen LogP contribution in [0.15, 0.2) is 0 Å². The molecule has 2 amide bonds. The van der Waals surface area contributed by atoms with Crippen LogP contribution >= 0.6 is 0 Å². The molecule has 0 aliphatic carbocycles. The Labute approximate surface area is 95.3 Å². The van der Waals surface area contributed by atoms with Crippen LogP contribution in [0.4, 0.5) is 4.79 Å². The number of ether oxygens (including phenoxy) is 2. The Morgan fingerprint density at radius 3 is 2.81 bits per heavy atom. The molecule has 0 spiro atoms. The molecule has 0 aromatic heterocycles. The van der Waals surface area contributed by atoms with Crippen LogP contribution in [0.5, 0.6) is 0 Å². The van der Waals surface area contributed by atoms with E-state index in [1.807, 2.05) is 0 Å². The average Bonchev–Trinajstić information content (AvgIpc) is 2.23. The van der Waals surface area contributed by atoms with Crippen molar-refractivity contribution in [3.8, 4) is 0 Å². The van der Waals surface area contributed by atoms with Gasteiger partial charge in [0.25, 0.3) is 0 Å². The second kappa shape index (κ2) is 10.6. The predicted molar refractivity (Wildman–Crippen MR) is 59.2 cm³/mol. The van der Waals surface area contributed by atoms with E-state index < -0.39 is 12.1 Å². The molecule has 0 saturated carbocycles. The molecule has 0 aliphatic rings. The van der Waals surface area contributed by atoms with Crippen LogP contribution in [0.25, 0.3) is 0 Å². The van der Waals surface area contributed by atoms with Crippen LogP contribution in [0, 0.1) is 0 Å². The number of hydrogen-bond donors (Lipinski definition) is 4. The lowest BCUT2D eigenvalue weighted by atomic mass is 10.4. The van der Waals surface area contributed by atoms with Gasteiger partial charge in [-0.3, -0.25) is 0 Å². The third kappa shape index (κ3) is 11.2. The molecule has 0 bridgehead atoms. The largest absolute Gasteiger partial charge is 0.389 e. The molecule has 0 saturated heterocycles. The van der Waals surface area contributed by atoms with Gasteiger partial charge in [-0.1, -0.05) is 0 Å². The van der Waals surface area contributed by atoms with Gasteiger partial charge in [0.1, 0.15) is 0 Å². The molecule has 0 aliphatic heterocycles. The molecule has 1 unspecified atom stereocenters. The van der Waals surface area contributed by atoms with Crippen LogP contribution in [-0.4, -0.2) is 63.8 Å². The summed E-state index contributed by atoms with van der Waals surface area (Å²) in [7, 11) is 1.59. The number of carbonyl (C=O) groups excluding carboxylic acids is 1. The lowest BCUT2D eigenvalue weighted by molar-refractivity contribution is 0.0139. The summed E-state index contributed by atoms with van der Waals surface area (Å²) in [6, 6.07) is -0.551. The smallest absolute Gasteiger partial charge is 0.312 e. The average molecular weight is 235 g/mol. The fourth-order valence-corrected chi connectivity index (χ4v) is 0.963. The predicted octanol–water partition coefficient (Wildman–Crippen LogP) is -1.73. The van der Waals surface area contributed by atoms with Gasteiger partial charge in [0.05, 0.1) is 25.9 Å². The third-order valence-corrected chi connectivity index (χ3v) is 1.72. The van der Waals surface area contributed by atoms with Crippen molar-refractivity contribution in [3.63, 3.8) is 0 Å². The van der Waals surface area contributed by atoms with Crippen molar-refractivity contribution in [2.45, 2.75) is 6.10 Å². The van der Waals surface area contributed by atoms with Crippen molar-refractivity contribution in [2.75, 3.05) is 46.6 Å². The van der Waals surface area contributed by atoms with Crippen LogP contribution in [0.1, 0.15) is 0 Å². The van der Waals surface area contributed by atoms with Gasteiger partial charge in [0.15, 0.2) is 0 Å². The summed E-state index contributed by atoms with van der Waals surface area (Å²) in [5.41, 5.74) is 4.87. The van der Waals surface area contributed by atoms with E-state index in [0.717, 1.165) is 0 Å². The lowest BCUT2D eigenvalue weighted by Crippen LogP contribution is -2.38. The summed E-state index contributed by atoms with van der Waals surface area (Å²) in [5.74, 6) is 0. The van der Waals surface area contributed by atoms with E-state index in [4.69, 9.17) is 15.2 Å². The fraction of sp³-hybridized carbons (Fsp3) is 0.889. The first kappa shape index (κ1) is 15.1. The van der Waals surface area contributed by atoms with E-state index in [2.05, 4.69) is 10.6 Å². The zero-order valence-electron chi connectivity index (χ0n) is 9.57. The van der Waals surface area contributed by atoms with Crippen molar-refractivity contribution < 1.29 is 19.4 Å². The molecular weight excluding hydrogens is 214 g/mol. The summed E-state index contributed by atoms with van der Waals surface area (Å²) < 4.78 is 9.91. The molecule has 0 fully saturated rings. The highest BCUT2D eigenvalue weighted by molar-refractivity contribution is 5.71. The Morgan fingerprint density at radius 1 is 1.44 bits per heavy atom. The number of amides is 2. The number of aliphatic hydroxyl groups is 1. The number of nitrogens with one attached hydrogen (secondary N) is 2. The maximum atomic E-state index is 10.3.